The van der Waals surface area contributed by atoms with Crippen LogP contribution in [-0.4, -0.2) is 118 Å². The highest BCUT2D eigenvalue weighted by molar-refractivity contribution is 6.24. The first-order chi connectivity index (χ1) is 19.7. The number of aromatic hydroxyl groups is 1. The number of rotatable bonds is 5. The summed E-state index contributed by atoms with van der Waals surface area (Å²) in [6.07, 6.45) is 2.70. The summed E-state index contributed by atoms with van der Waals surface area (Å²) in [5, 5.41) is 44.9. The van der Waals surface area contributed by atoms with Gasteiger partial charge in [0.1, 0.15) is 22.8 Å². The van der Waals surface area contributed by atoms with Crippen LogP contribution >= 0.6 is 0 Å². The number of carbonyl (C=O) groups is 4. The maximum absolute atomic E-state index is 13.9. The molecule has 3 aliphatic carbocycles. The Morgan fingerprint density at radius 2 is 1.81 bits per heavy atom. The third-order valence-corrected chi connectivity index (χ3v) is 8.97. The van der Waals surface area contributed by atoms with Crippen molar-refractivity contribution in [2.75, 3.05) is 47.8 Å². The summed E-state index contributed by atoms with van der Waals surface area (Å²) in [7, 11) is 6.83. The van der Waals surface area contributed by atoms with Crippen molar-refractivity contribution in [3.05, 3.63) is 57.6 Å². The second kappa shape index (κ2) is 10.4. The summed E-state index contributed by atoms with van der Waals surface area (Å²) in [4.78, 5) is 57.1. The highest BCUT2D eigenvalue weighted by atomic mass is 16.3. The first kappa shape index (κ1) is 29.5. The molecule has 1 heterocycles. The topological polar surface area (TPSA) is 185 Å². The normalized spacial score (nSPS) is 27.6. The minimum atomic E-state index is -2.67. The number of likely N-dealkylation sites (N-methyl/N-ethyl adjacent to an activating group) is 2. The average molecular weight is 581 g/mol. The molecule has 4 atom stereocenters. The second-order valence-electron chi connectivity index (χ2n) is 12.0. The number of fused-ring (bicyclic) bond motifs is 3. The fourth-order valence-electron chi connectivity index (χ4n) is 7.06. The summed E-state index contributed by atoms with van der Waals surface area (Å²) < 4.78 is 0. The molecule has 0 bridgehead atoms. The molecule has 224 valence electrons. The predicted molar refractivity (Wildman–Crippen MR) is 151 cm³/mol. The quantitative estimate of drug-likeness (QED) is 0.303. The van der Waals surface area contributed by atoms with E-state index in [1.807, 2.05) is 20.2 Å². The number of aliphatic hydroxyl groups excluding tert-OH is 2. The summed E-state index contributed by atoms with van der Waals surface area (Å²) in [5.41, 5.74) is 3.89. The Bertz CT molecular complexity index is 1510. The van der Waals surface area contributed by atoms with Gasteiger partial charge in [-0.3, -0.25) is 24.1 Å². The number of aliphatic hydroxyl groups is 3. The van der Waals surface area contributed by atoms with Crippen LogP contribution in [0.1, 0.15) is 34.3 Å². The number of allylic oxidation sites excluding steroid dienone is 1. The van der Waals surface area contributed by atoms with Crippen LogP contribution in [0.4, 0.5) is 0 Å². The lowest BCUT2D eigenvalue weighted by Crippen LogP contribution is -2.63. The minimum absolute atomic E-state index is 0.00688. The van der Waals surface area contributed by atoms with Gasteiger partial charge in [-0.25, -0.2) is 0 Å². The number of primary amides is 1. The van der Waals surface area contributed by atoms with E-state index in [0.29, 0.717) is 31.6 Å². The molecular formula is C30H36N4O8. The fraction of sp³-hybridized carbons (Fsp3) is 0.467. The van der Waals surface area contributed by atoms with Crippen molar-refractivity contribution in [3.63, 3.8) is 0 Å². The molecule has 0 unspecified atom stereocenters. The van der Waals surface area contributed by atoms with Crippen LogP contribution in [0.3, 0.4) is 0 Å². The van der Waals surface area contributed by atoms with Crippen LogP contribution < -0.4 is 5.73 Å². The van der Waals surface area contributed by atoms with Gasteiger partial charge in [-0.15, -0.1) is 0 Å². The molecule has 4 aliphatic rings. The summed E-state index contributed by atoms with van der Waals surface area (Å²) in [6.45, 7) is 1.19. The lowest BCUT2D eigenvalue weighted by Gasteiger charge is -2.50. The largest absolute Gasteiger partial charge is 0.510 e. The molecule has 1 aromatic rings. The van der Waals surface area contributed by atoms with Gasteiger partial charge in [0.05, 0.1) is 18.2 Å². The number of hydrogen-bond donors (Lipinski definition) is 5. The number of benzene rings is 1. The van der Waals surface area contributed by atoms with Crippen LogP contribution in [-0.2, 0) is 20.8 Å². The number of nitrogens with two attached hydrogens (primary N) is 1. The molecule has 0 saturated carbocycles. The minimum Gasteiger partial charge on any atom is -0.510 e. The Balaban J connectivity index is 1.59. The molecule has 0 radical (unpaired) electrons. The molecule has 5 rings (SSSR count). The van der Waals surface area contributed by atoms with Crippen LogP contribution in [0.5, 0.6) is 5.75 Å². The highest BCUT2D eigenvalue weighted by Gasteiger charge is 2.63. The number of hydrogen-bond acceptors (Lipinski definition) is 10. The van der Waals surface area contributed by atoms with E-state index >= 15 is 0 Å². The molecule has 12 nitrogen and oxygen atoms in total. The molecule has 0 saturated heterocycles. The Hall–Kier alpha value is -4.00. The van der Waals surface area contributed by atoms with Gasteiger partial charge in [0.15, 0.2) is 11.4 Å². The van der Waals surface area contributed by atoms with E-state index in [1.54, 1.807) is 30.0 Å². The van der Waals surface area contributed by atoms with Crippen molar-refractivity contribution in [2.45, 2.75) is 30.9 Å². The van der Waals surface area contributed by atoms with Gasteiger partial charge in [0.25, 0.3) is 5.91 Å². The molecular weight excluding hydrogens is 544 g/mol. The van der Waals surface area contributed by atoms with Crippen molar-refractivity contribution in [3.8, 4) is 5.75 Å². The highest BCUT2D eigenvalue weighted by Crippen LogP contribution is 2.53. The van der Waals surface area contributed by atoms with E-state index < -0.39 is 58.0 Å². The zero-order valence-corrected chi connectivity index (χ0v) is 24.0. The average Bonchev–Trinajstić information content (AvgIpc) is 2.90. The van der Waals surface area contributed by atoms with Crippen molar-refractivity contribution < 1.29 is 39.6 Å². The van der Waals surface area contributed by atoms with Gasteiger partial charge in [-0.1, -0.05) is 12.1 Å². The van der Waals surface area contributed by atoms with Crippen LogP contribution in [0.15, 0.2) is 40.9 Å². The van der Waals surface area contributed by atoms with Gasteiger partial charge in [-0.05, 0) is 76.1 Å². The predicted octanol–water partition coefficient (Wildman–Crippen LogP) is 0.298. The third-order valence-electron chi connectivity index (χ3n) is 8.97. The Labute approximate surface area is 243 Å². The molecule has 6 N–H and O–H groups in total. The van der Waals surface area contributed by atoms with Crippen LogP contribution in [0.2, 0.25) is 0 Å². The molecule has 0 aromatic heterocycles. The van der Waals surface area contributed by atoms with Gasteiger partial charge in [-0.2, -0.15) is 0 Å². The third kappa shape index (κ3) is 4.32. The number of phenolic OH excluding ortho intramolecular Hbond substituents is 1. The number of Topliss-reactive ketones (excluding diaryl/α,β-unsaturated/α-hetero) is 2. The monoisotopic (exact) mass is 580 g/mol. The van der Waals surface area contributed by atoms with Gasteiger partial charge < -0.3 is 36.0 Å². The molecule has 2 amide bonds. The van der Waals surface area contributed by atoms with Crippen LogP contribution in [0, 0.1) is 11.8 Å². The number of amides is 2. The molecule has 1 aliphatic heterocycles. The Morgan fingerprint density at radius 1 is 1.12 bits per heavy atom. The lowest BCUT2D eigenvalue weighted by molar-refractivity contribution is -0.148. The second-order valence-corrected chi connectivity index (χ2v) is 12.0. The molecule has 12 heteroatoms. The standard InChI is InChI=1S/C30H36N4O8/c1-32(2)13-20(36)34-9-7-14(8-10-34)16-5-6-19(35)22-17(16)11-15-12-18-24(33(3)4)26(38)23(29(31)41)28(40)30(18,42)27(39)21(15)25(22)37/h5-7,15,18,24,35,38-39,42H,8-13H2,1-4H3,(H2,31,41)/t15-,18-,24+,30-/m0/s1. The maximum atomic E-state index is 13.9. The van der Waals surface area contributed by atoms with Crippen molar-refractivity contribution in [1.82, 2.24) is 14.7 Å². The van der Waals surface area contributed by atoms with E-state index in [-0.39, 0.29) is 35.6 Å². The van der Waals surface area contributed by atoms with E-state index in [4.69, 9.17) is 5.73 Å². The number of phenols is 1. The van der Waals surface area contributed by atoms with Crippen molar-refractivity contribution in [1.29, 1.82) is 0 Å². The first-order valence-corrected chi connectivity index (χ1v) is 13.8. The number of nitrogens with zero attached hydrogens (tertiary/aromatic N) is 3. The number of carbonyl (C=O) groups excluding carboxylic acids is 4. The molecule has 0 spiro atoms. The Kier molecular flexibility index (Phi) is 7.28. The fourth-order valence-corrected chi connectivity index (χ4v) is 7.06. The summed E-state index contributed by atoms with van der Waals surface area (Å²) in [5.74, 6) is -6.79. The van der Waals surface area contributed by atoms with E-state index in [0.717, 1.165) is 11.1 Å². The lowest BCUT2D eigenvalue weighted by atomic mass is 9.58. The van der Waals surface area contributed by atoms with Crippen molar-refractivity contribution >= 4 is 29.0 Å². The Morgan fingerprint density at radius 3 is 2.38 bits per heavy atom. The van der Waals surface area contributed by atoms with Gasteiger partial charge >= 0.3 is 0 Å². The van der Waals surface area contributed by atoms with Crippen molar-refractivity contribution in [2.24, 2.45) is 17.6 Å². The van der Waals surface area contributed by atoms with E-state index in [1.165, 1.54) is 11.0 Å². The first-order valence-electron chi connectivity index (χ1n) is 13.8. The van der Waals surface area contributed by atoms with E-state index in [9.17, 15) is 39.6 Å². The summed E-state index contributed by atoms with van der Waals surface area (Å²) >= 11 is 0. The zero-order valence-electron chi connectivity index (χ0n) is 24.0. The van der Waals surface area contributed by atoms with Crippen LogP contribution in [0.25, 0.3) is 5.57 Å². The SMILES string of the molecule is CN(C)CC(=O)N1CC=C(c2ccc(O)c3c2C[C@H]2C[C@H]4[C@@H](N(C)C)C(O)=C(C(N)=O)C(=O)[C@@]4(O)C(O)=C2C3=O)CC1. The van der Waals surface area contributed by atoms with Gasteiger partial charge in [0, 0.05) is 24.6 Å². The number of ketones is 2. The zero-order chi connectivity index (χ0) is 30.8. The van der Waals surface area contributed by atoms with E-state index in [2.05, 4.69) is 0 Å². The smallest absolute Gasteiger partial charge is 0.255 e. The summed E-state index contributed by atoms with van der Waals surface area (Å²) in [6, 6.07) is 2.08. The maximum Gasteiger partial charge on any atom is 0.255 e. The molecule has 0 fully saturated rings. The molecule has 42 heavy (non-hydrogen) atoms. The van der Waals surface area contributed by atoms with Gasteiger partial charge in [0.2, 0.25) is 11.7 Å². The molecule has 1 aromatic carbocycles.